The number of benzene rings is 3. The van der Waals surface area contributed by atoms with Crippen LogP contribution in [0.5, 0.6) is 5.75 Å². The van der Waals surface area contributed by atoms with Crippen LogP contribution in [0.1, 0.15) is 16.1 Å². The molecule has 1 amide bonds. The number of nitrogens with one attached hydrogen (secondary N) is 1. The van der Waals surface area contributed by atoms with Crippen LogP contribution in [0.2, 0.25) is 0 Å². The third-order valence-corrected chi connectivity index (χ3v) is 4.26. The SMILES string of the molecule is O=C(Nc1ccccc1)c1nn(-c2ccc(F)cc2)cc1OCc1ccccc1. The largest absolute Gasteiger partial charge is 0.485 e. The first-order valence-electron chi connectivity index (χ1n) is 9.08. The van der Waals surface area contributed by atoms with E-state index in [0.29, 0.717) is 23.7 Å². The summed E-state index contributed by atoms with van der Waals surface area (Å²) in [6.07, 6.45) is 1.62. The first kappa shape index (κ1) is 18.4. The van der Waals surface area contributed by atoms with Crippen molar-refractivity contribution < 1.29 is 13.9 Å². The summed E-state index contributed by atoms with van der Waals surface area (Å²) in [6, 6.07) is 24.6. The lowest BCUT2D eigenvalue weighted by Gasteiger charge is -2.07. The minimum Gasteiger partial charge on any atom is -0.485 e. The van der Waals surface area contributed by atoms with Gasteiger partial charge in [0.05, 0.1) is 11.9 Å². The lowest BCUT2D eigenvalue weighted by Crippen LogP contribution is -2.14. The van der Waals surface area contributed by atoms with Crippen molar-refractivity contribution in [3.05, 3.63) is 108 Å². The van der Waals surface area contributed by atoms with Gasteiger partial charge in [-0.25, -0.2) is 9.07 Å². The van der Waals surface area contributed by atoms with Gasteiger partial charge in [0, 0.05) is 5.69 Å². The van der Waals surface area contributed by atoms with E-state index in [9.17, 15) is 9.18 Å². The highest BCUT2D eigenvalue weighted by Crippen LogP contribution is 2.23. The molecule has 1 heterocycles. The molecule has 144 valence electrons. The molecule has 1 N–H and O–H groups in total. The Labute approximate surface area is 167 Å². The van der Waals surface area contributed by atoms with Crippen LogP contribution < -0.4 is 10.1 Å². The number of hydrogen-bond acceptors (Lipinski definition) is 3. The summed E-state index contributed by atoms with van der Waals surface area (Å²) in [6.45, 7) is 0.293. The summed E-state index contributed by atoms with van der Waals surface area (Å²) in [7, 11) is 0. The summed E-state index contributed by atoms with van der Waals surface area (Å²) < 4.78 is 20.6. The smallest absolute Gasteiger partial charge is 0.280 e. The number of nitrogens with zero attached hydrogens (tertiary/aromatic N) is 2. The first-order valence-corrected chi connectivity index (χ1v) is 9.08. The van der Waals surface area contributed by atoms with Gasteiger partial charge in [0.2, 0.25) is 0 Å². The topological polar surface area (TPSA) is 56.2 Å². The molecule has 0 radical (unpaired) electrons. The van der Waals surface area contributed by atoms with Gasteiger partial charge in [0.15, 0.2) is 11.4 Å². The number of amides is 1. The highest BCUT2D eigenvalue weighted by Gasteiger charge is 2.19. The van der Waals surface area contributed by atoms with Gasteiger partial charge in [0.25, 0.3) is 5.91 Å². The zero-order valence-corrected chi connectivity index (χ0v) is 15.5. The molecule has 0 aliphatic heterocycles. The Kier molecular flexibility index (Phi) is 5.33. The van der Waals surface area contributed by atoms with Crippen LogP contribution in [0.15, 0.2) is 91.1 Å². The number of anilines is 1. The Balaban J connectivity index is 1.63. The van der Waals surface area contributed by atoms with E-state index in [1.807, 2.05) is 48.5 Å². The van der Waals surface area contributed by atoms with Crippen molar-refractivity contribution in [2.75, 3.05) is 5.32 Å². The van der Waals surface area contributed by atoms with Gasteiger partial charge in [-0.15, -0.1) is 0 Å². The van der Waals surface area contributed by atoms with E-state index in [1.54, 1.807) is 30.5 Å². The fourth-order valence-corrected chi connectivity index (χ4v) is 2.79. The van der Waals surface area contributed by atoms with E-state index in [-0.39, 0.29) is 17.4 Å². The number of carbonyl (C=O) groups excluding carboxylic acids is 1. The zero-order valence-electron chi connectivity index (χ0n) is 15.5. The van der Waals surface area contributed by atoms with E-state index in [1.165, 1.54) is 16.8 Å². The van der Waals surface area contributed by atoms with Crippen LogP contribution in [-0.2, 0) is 6.61 Å². The number of ether oxygens (including phenoxy) is 1. The van der Waals surface area contributed by atoms with Crippen LogP contribution in [0, 0.1) is 5.82 Å². The molecular formula is C23H18FN3O2. The van der Waals surface area contributed by atoms with Crippen molar-refractivity contribution in [3.63, 3.8) is 0 Å². The molecule has 29 heavy (non-hydrogen) atoms. The van der Waals surface area contributed by atoms with Crippen molar-refractivity contribution in [1.29, 1.82) is 0 Å². The molecule has 5 nitrogen and oxygen atoms in total. The maximum Gasteiger partial charge on any atom is 0.280 e. The fourth-order valence-electron chi connectivity index (χ4n) is 2.79. The van der Waals surface area contributed by atoms with Gasteiger partial charge >= 0.3 is 0 Å². The number of hydrogen-bond donors (Lipinski definition) is 1. The molecule has 0 saturated heterocycles. The lowest BCUT2D eigenvalue weighted by atomic mass is 10.2. The lowest BCUT2D eigenvalue weighted by molar-refractivity contribution is 0.101. The van der Waals surface area contributed by atoms with Crippen LogP contribution >= 0.6 is 0 Å². The van der Waals surface area contributed by atoms with Gasteiger partial charge in [-0.1, -0.05) is 48.5 Å². The molecule has 0 spiro atoms. The van der Waals surface area contributed by atoms with Crippen molar-refractivity contribution in [3.8, 4) is 11.4 Å². The Bertz CT molecular complexity index is 1090. The minimum absolute atomic E-state index is 0.147. The highest BCUT2D eigenvalue weighted by atomic mass is 19.1. The number of carbonyl (C=O) groups is 1. The third kappa shape index (κ3) is 4.50. The normalized spacial score (nSPS) is 10.5. The van der Waals surface area contributed by atoms with E-state index in [4.69, 9.17) is 4.74 Å². The predicted octanol–water partition coefficient (Wildman–Crippen LogP) is 4.84. The standard InChI is InChI=1S/C23H18FN3O2/c24-18-11-13-20(14-12-18)27-15-21(29-16-17-7-3-1-4-8-17)22(26-27)23(28)25-19-9-5-2-6-10-19/h1-15H,16H2,(H,25,28). The predicted molar refractivity (Wildman–Crippen MR) is 109 cm³/mol. The van der Waals surface area contributed by atoms with Gasteiger partial charge < -0.3 is 10.1 Å². The molecule has 0 aliphatic carbocycles. The average molecular weight is 387 g/mol. The molecule has 3 aromatic carbocycles. The van der Waals surface area contributed by atoms with Crippen molar-refractivity contribution >= 4 is 11.6 Å². The maximum absolute atomic E-state index is 13.2. The Morgan fingerprint density at radius 3 is 2.28 bits per heavy atom. The number of para-hydroxylation sites is 1. The second-order valence-electron chi connectivity index (χ2n) is 6.36. The van der Waals surface area contributed by atoms with E-state index < -0.39 is 0 Å². The van der Waals surface area contributed by atoms with Crippen molar-refractivity contribution in [1.82, 2.24) is 9.78 Å². The Hall–Kier alpha value is -3.93. The quantitative estimate of drug-likeness (QED) is 0.515. The fraction of sp³-hybridized carbons (Fsp3) is 0.0435. The molecule has 0 atom stereocenters. The van der Waals surface area contributed by atoms with Crippen LogP contribution in [0.25, 0.3) is 5.69 Å². The van der Waals surface area contributed by atoms with Crippen LogP contribution in [-0.4, -0.2) is 15.7 Å². The third-order valence-electron chi connectivity index (χ3n) is 4.26. The molecule has 0 bridgehead atoms. The maximum atomic E-state index is 13.2. The molecule has 0 fully saturated rings. The van der Waals surface area contributed by atoms with Gasteiger partial charge in [0.1, 0.15) is 12.4 Å². The molecule has 4 aromatic rings. The molecule has 4 rings (SSSR count). The monoisotopic (exact) mass is 387 g/mol. The summed E-state index contributed by atoms with van der Waals surface area (Å²) >= 11 is 0. The highest BCUT2D eigenvalue weighted by molar-refractivity contribution is 6.04. The number of halogens is 1. The Morgan fingerprint density at radius 2 is 1.59 bits per heavy atom. The molecule has 1 aromatic heterocycles. The van der Waals surface area contributed by atoms with Crippen LogP contribution in [0.3, 0.4) is 0 Å². The molecule has 0 unspecified atom stereocenters. The molecule has 0 saturated carbocycles. The molecule has 6 heteroatoms. The molecule has 0 aliphatic rings. The second-order valence-corrected chi connectivity index (χ2v) is 6.36. The van der Waals surface area contributed by atoms with Crippen molar-refractivity contribution in [2.45, 2.75) is 6.61 Å². The van der Waals surface area contributed by atoms with E-state index >= 15 is 0 Å². The molecular weight excluding hydrogens is 369 g/mol. The summed E-state index contributed by atoms with van der Waals surface area (Å²) in [4.78, 5) is 12.8. The van der Waals surface area contributed by atoms with E-state index in [0.717, 1.165) is 5.56 Å². The van der Waals surface area contributed by atoms with E-state index in [2.05, 4.69) is 10.4 Å². The number of rotatable bonds is 6. The van der Waals surface area contributed by atoms with Gasteiger partial charge in [-0.2, -0.15) is 5.10 Å². The zero-order chi connectivity index (χ0) is 20.1. The summed E-state index contributed by atoms with van der Waals surface area (Å²) in [5, 5.41) is 7.19. The average Bonchev–Trinajstić information content (AvgIpc) is 3.19. The minimum atomic E-state index is -0.389. The van der Waals surface area contributed by atoms with Gasteiger partial charge in [-0.05, 0) is 42.0 Å². The van der Waals surface area contributed by atoms with Crippen molar-refractivity contribution in [2.24, 2.45) is 0 Å². The van der Waals surface area contributed by atoms with Crippen LogP contribution in [0.4, 0.5) is 10.1 Å². The second kappa shape index (κ2) is 8.39. The summed E-state index contributed by atoms with van der Waals surface area (Å²) in [5.41, 5.74) is 2.39. The Morgan fingerprint density at radius 1 is 0.931 bits per heavy atom. The number of aromatic nitrogens is 2. The first-order chi connectivity index (χ1) is 14.2. The summed E-state index contributed by atoms with van der Waals surface area (Å²) in [5.74, 6) is -0.393. The van der Waals surface area contributed by atoms with Gasteiger partial charge in [-0.3, -0.25) is 4.79 Å².